The molecule has 0 spiro atoms. The van der Waals surface area contributed by atoms with Gasteiger partial charge in [0.1, 0.15) is 5.82 Å². The van der Waals surface area contributed by atoms with Gasteiger partial charge in [-0.05, 0) is 42.2 Å². The molecule has 0 radical (unpaired) electrons. The summed E-state index contributed by atoms with van der Waals surface area (Å²) in [6, 6.07) is 13.5. The monoisotopic (exact) mass is 392 g/mol. The van der Waals surface area contributed by atoms with E-state index in [1.54, 1.807) is 12.1 Å². The number of amides is 1. The lowest BCUT2D eigenvalue weighted by Gasteiger charge is -2.20. The third-order valence-electron chi connectivity index (χ3n) is 4.29. The lowest BCUT2D eigenvalue weighted by atomic mass is 10.1. The first kappa shape index (κ1) is 21.1. The van der Waals surface area contributed by atoms with Crippen LogP contribution in [0.4, 0.5) is 10.1 Å². The zero-order valence-electron chi connectivity index (χ0n) is 15.6. The van der Waals surface area contributed by atoms with Crippen molar-refractivity contribution in [2.45, 2.75) is 26.2 Å². The molecule has 1 amide bonds. The van der Waals surface area contributed by atoms with Gasteiger partial charge in [-0.25, -0.2) is 17.1 Å². The van der Waals surface area contributed by atoms with Crippen LogP contribution in [0.25, 0.3) is 0 Å². The maximum atomic E-state index is 13.0. The highest BCUT2D eigenvalue weighted by atomic mass is 32.2. The average molecular weight is 392 g/mol. The molecule has 7 heteroatoms. The summed E-state index contributed by atoms with van der Waals surface area (Å²) < 4.78 is 38.3. The maximum absolute atomic E-state index is 13.0. The molecule has 0 fully saturated rings. The predicted molar refractivity (Wildman–Crippen MR) is 106 cm³/mol. The molecule has 27 heavy (non-hydrogen) atoms. The molecule has 0 aromatic heterocycles. The number of hydrogen-bond donors (Lipinski definition) is 1. The first-order valence-corrected chi connectivity index (χ1v) is 10.7. The molecule has 2 aromatic rings. The zero-order chi connectivity index (χ0) is 19.9. The number of anilines is 1. The van der Waals surface area contributed by atoms with Crippen molar-refractivity contribution in [1.29, 1.82) is 0 Å². The Hall–Kier alpha value is -2.25. The Morgan fingerprint density at radius 1 is 1.07 bits per heavy atom. The van der Waals surface area contributed by atoms with Gasteiger partial charge in [0.2, 0.25) is 15.9 Å². The van der Waals surface area contributed by atoms with Gasteiger partial charge >= 0.3 is 0 Å². The highest BCUT2D eigenvalue weighted by Crippen LogP contribution is 2.16. The van der Waals surface area contributed by atoms with Crippen LogP contribution in [-0.2, 0) is 27.7 Å². The van der Waals surface area contributed by atoms with E-state index in [9.17, 15) is 17.6 Å². The van der Waals surface area contributed by atoms with Crippen molar-refractivity contribution in [1.82, 2.24) is 4.31 Å². The number of nitrogens with one attached hydrogen (secondary N) is 1. The van der Waals surface area contributed by atoms with Crippen molar-refractivity contribution in [2.75, 3.05) is 24.7 Å². The summed E-state index contributed by atoms with van der Waals surface area (Å²) in [6.07, 6.45) is 2.44. The van der Waals surface area contributed by atoms with Crippen molar-refractivity contribution in [3.8, 4) is 0 Å². The molecule has 0 aliphatic rings. The van der Waals surface area contributed by atoms with Crippen LogP contribution in [0.5, 0.6) is 0 Å². The molecule has 0 saturated heterocycles. The molecule has 0 heterocycles. The summed E-state index contributed by atoms with van der Waals surface area (Å²) in [5.74, 6) is -0.561. The second-order valence-corrected chi connectivity index (χ2v) is 8.33. The largest absolute Gasteiger partial charge is 0.326 e. The molecule has 0 unspecified atom stereocenters. The smallest absolute Gasteiger partial charge is 0.225 e. The van der Waals surface area contributed by atoms with Gasteiger partial charge in [0.15, 0.2) is 0 Å². The minimum atomic E-state index is -3.45. The highest BCUT2D eigenvalue weighted by Gasteiger charge is 2.18. The second kappa shape index (κ2) is 9.62. The minimum absolute atomic E-state index is 0.0640. The number of carbonyl (C=O) groups is 1. The summed E-state index contributed by atoms with van der Waals surface area (Å²) in [7, 11) is -3.45. The Labute approximate surface area is 160 Å². The minimum Gasteiger partial charge on any atom is -0.326 e. The van der Waals surface area contributed by atoms with E-state index in [1.807, 2.05) is 31.2 Å². The summed E-state index contributed by atoms with van der Waals surface area (Å²) in [4.78, 5) is 12.2. The third-order valence-corrected chi connectivity index (χ3v) is 5.60. The van der Waals surface area contributed by atoms with Crippen LogP contribution in [0.15, 0.2) is 48.5 Å². The normalized spacial score (nSPS) is 11.6. The summed E-state index contributed by atoms with van der Waals surface area (Å²) in [6.45, 7) is 2.34. The molecule has 5 nitrogen and oxygen atoms in total. The van der Waals surface area contributed by atoms with Crippen LogP contribution >= 0.6 is 0 Å². The second-order valence-electron chi connectivity index (χ2n) is 6.35. The van der Waals surface area contributed by atoms with E-state index >= 15 is 0 Å². The van der Waals surface area contributed by atoms with Crippen molar-refractivity contribution in [2.24, 2.45) is 0 Å². The van der Waals surface area contributed by atoms with Gasteiger partial charge in [-0.3, -0.25) is 4.79 Å². The molecule has 1 N–H and O–H groups in total. The number of rotatable bonds is 9. The van der Waals surface area contributed by atoms with E-state index < -0.39 is 10.0 Å². The van der Waals surface area contributed by atoms with Gasteiger partial charge in [-0.1, -0.05) is 37.3 Å². The Morgan fingerprint density at radius 2 is 1.74 bits per heavy atom. The van der Waals surface area contributed by atoms with Gasteiger partial charge in [0, 0.05) is 25.2 Å². The average Bonchev–Trinajstić information content (AvgIpc) is 2.62. The number of hydrogen-bond acceptors (Lipinski definition) is 3. The first-order valence-electron chi connectivity index (χ1n) is 8.87. The Balaban J connectivity index is 1.93. The van der Waals surface area contributed by atoms with E-state index in [0.717, 1.165) is 29.5 Å². The maximum Gasteiger partial charge on any atom is 0.225 e. The number of carbonyl (C=O) groups excluding carboxylic acids is 1. The van der Waals surface area contributed by atoms with Crippen LogP contribution in [0.2, 0.25) is 0 Å². The van der Waals surface area contributed by atoms with Crippen LogP contribution in [0.1, 0.15) is 24.5 Å². The topological polar surface area (TPSA) is 66.5 Å². The van der Waals surface area contributed by atoms with E-state index in [4.69, 9.17) is 0 Å². The lowest BCUT2D eigenvalue weighted by Crippen LogP contribution is -2.34. The fraction of sp³-hybridized carbons (Fsp3) is 0.350. The van der Waals surface area contributed by atoms with Crippen molar-refractivity contribution in [3.05, 3.63) is 65.5 Å². The molecular formula is C20H25FN2O3S. The molecule has 0 aliphatic carbocycles. The number of sulfonamides is 1. The number of halogens is 1. The van der Waals surface area contributed by atoms with Crippen LogP contribution in [0, 0.1) is 5.82 Å². The molecule has 0 bridgehead atoms. The molecule has 146 valence electrons. The predicted octanol–water partition coefficient (Wildman–Crippen LogP) is 3.22. The van der Waals surface area contributed by atoms with Crippen molar-refractivity contribution >= 4 is 21.6 Å². The lowest BCUT2D eigenvalue weighted by molar-refractivity contribution is -0.116. The molecule has 2 rings (SSSR count). The van der Waals surface area contributed by atoms with E-state index in [2.05, 4.69) is 5.32 Å². The molecule has 0 aliphatic heterocycles. The van der Waals surface area contributed by atoms with Gasteiger partial charge < -0.3 is 5.32 Å². The molecular weight excluding hydrogens is 367 g/mol. The van der Waals surface area contributed by atoms with Crippen LogP contribution < -0.4 is 5.32 Å². The van der Waals surface area contributed by atoms with Gasteiger partial charge in [0.25, 0.3) is 0 Å². The highest BCUT2D eigenvalue weighted by molar-refractivity contribution is 7.88. The Morgan fingerprint density at radius 3 is 2.37 bits per heavy atom. The first-order chi connectivity index (χ1) is 12.8. The number of para-hydroxylation sites is 1. The van der Waals surface area contributed by atoms with Crippen molar-refractivity contribution < 1.29 is 17.6 Å². The van der Waals surface area contributed by atoms with E-state index in [0.29, 0.717) is 6.42 Å². The molecule has 0 saturated carbocycles. The molecule has 0 atom stereocenters. The Bertz CT molecular complexity index is 867. The fourth-order valence-electron chi connectivity index (χ4n) is 2.74. The number of nitrogens with zero attached hydrogens (tertiary/aromatic N) is 1. The summed E-state index contributed by atoms with van der Waals surface area (Å²) in [5, 5.41) is 2.85. The number of aryl methyl sites for hydroxylation is 1. The number of benzene rings is 2. The quantitative estimate of drug-likeness (QED) is 0.713. The van der Waals surface area contributed by atoms with Crippen LogP contribution in [0.3, 0.4) is 0 Å². The Kier molecular flexibility index (Phi) is 7.50. The fourth-order valence-corrected chi connectivity index (χ4v) is 3.58. The third kappa shape index (κ3) is 6.77. The summed E-state index contributed by atoms with van der Waals surface area (Å²) >= 11 is 0. The van der Waals surface area contributed by atoms with Gasteiger partial charge in [0.05, 0.1) is 6.26 Å². The summed E-state index contributed by atoms with van der Waals surface area (Å²) in [5.41, 5.74) is 2.62. The van der Waals surface area contributed by atoms with Gasteiger partial charge in [-0.2, -0.15) is 0 Å². The van der Waals surface area contributed by atoms with E-state index in [1.165, 1.54) is 16.4 Å². The van der Waals surface area contributed by atoms with Crippen molar-refractivity contribution in [3.63, 3.8) is 0 Å². The molecule has 2 aromatic carbocycles. The SMILES string of the molecule is CCc1ccccc1NC(=O)CCN(CCc1ccc(F)cc1)S(C)(=O)=O. The van der Waals surface area contributed by atoms with Gasteiger partial charge in [-0.15, -0.1) is 0 Å². The van der Waals surface area contributed by atoms with E-state index in [-0.39, 0.29) is 31.2 Å². The van der Waals surface area contributed by atoms with Crippen LogP contribution in [-0.4, -0.2) is 38.0 Å². The zero-order valence-corrected chi connectivity index (χ0v) is 16.4. The standard InChI is InChI=1S/C20H25FN2O3S/c1-3-17-6-4-5-7-19(17)22-20(24)13-15-23(27(2,25)26)14-12-16-8-10-18(21)11-9-16/h4-11H,3,12-15H2,1-2H3,(H,22,24).